The number of benzene rings is 10. The van der Waals surface area contributed by atoms with Gasteiger partial charge < -0.3 is 9.47 Å². The Morgan fingerprint density at radius 3 is 1.43 bits per heavy atom. The Kier molecular flexibility index (Phi) is 10.7. The van der Waals surface area contributed by atoms with Crippen molar-refractivity contribution < 1.29 is 0 Å². The molecule has 11 aromatic rings. The molecule has 1 aliphatic rings. The van der Waals surface area contributed by atoms with Gasteiger partial charge in [-0.15, -0.1) is 0 Å². The SMILES string of the molecule is C1=CC(c2cc(-c3ccccc3)cc(N(c3cccc(-c4cccc(-c5cccc6c5c5ccccc5n6-c5ccccc5)c4)c3)c3cc(-c4ccccc4)cc(-c4ccccc4)c3)c2)=CCC1. The van der Waals surface area contributed by atoms with Crippen molar-refractivity contribution in [2.24, 2.45) is 0 Å². The number of nitrogens with zero attached hydrogens (tertiary/aromatic N) is 2. The summed E-state index contributed by atoms with van der Waals surface area (Å²) >= 11 is 0. The molecule has 1 aliphatic carbocycles. The summed E-state index contributed by atoms with van der Waals surface area (Å²) in [4.78, 5) is 2.47. The summed E-state index contributed by atoms with van der Waals surface area (Å²) in [5, 5.41) is 2.50. The second kappa shape index (κ2) is 17.9. The first kappa shape index (κ1) is 40.8. The number of hydrogen-bond acceptors (Lipinski definition) is 1. The summed E-state index contributed by atoms with van der Waals surface area (Å²) in [6.07, 6.45) is 9.07. The number of rotatable bonds is 10. The molecule has 2 heteroatoms. The maximum absolute atomic E-state index is 2.47. The third-order valence-electron chi connectivity index (χ3n) is 13.3. The number of aromatic nitrogens is 1. The van der Waals surface area contributed by atoms with E-state index in [1.807, 2.05) is 0 Å². The predicted octanol–water partition coefficient (Wildman–Crippen LogP) is 18.3. The van der Waals surface area contributed by atoms with Crippen molar-refractivity contribution in [2.45, 2.75) is 12.8 Å². The minimum absolute atomic E-state index is 1.03. The first-order valence-electron chi connectivity index (χ1n) is 23.6. The topological polar surface area (TPSA) is 8.17 Å². The summed E-state index contributed by atoms with van der Waals surface area (Å²) in [5.74, 6) is 0. The average molecular weight is 869 g/mol. The maximum atomic E-state index is 2.47. The Balaban J connectivity index is 1.05. The quantitative estimate of drug-likeness (QED) is 0.133. The molecule has 68 heavy (non-hydrogen) atoms. The van der Waals surface area contributed by atoms with E-state index in [4.69, 9.17) is 0 Å². The van der Waals surface area contributed by atoms with Crippen LogP contribution in [0.3, 0.4) is 0 Å². The molecule has 0 bridgehead atoms. The lowest BCUT2D eigenvalue weighted by atomic mass is 9.93. The number of fused-ring (bicyclic) bond motifs is 3. The van der Waals surface area contributed by atoms with Crippen molar-refractivity contribution in [3.05, 3.63) is 273 Å². The van der Waals surface area contributed by atoms with E-state index in [0.29, 0.717) is 0 Å². The van der Waals surface area contributed by atoms with Gasteiger partial charge >= 0.3 is 0 Å². The van der Waals surface area contributed by atoms with E-state index in [0.717, 1.165) is 57.8 Å². The monoisotopic (exact) mass is 868 g/mol. The largest absolute Gasteiger partial charge is 0.310 e. The van der Waals surface area contributed by atoms with E-state index in [2.05, 4.69) is 276 Å². The zero-order valence-corrected chi connectivity index (χ0v) is 37.7. The maximum Gasteiger partial charge on any atom is 0.0547 e. The highest BCUT2D eigenvalue weighted by atomic mass is 15.1. The van der Waals surface area contributed by atoms with E-state index in [9.17, 15) is 0 Å². The lowest BCUT2D eigenvalue weighted by Crippen LogP contribution is -2.11. The Morgan fingerprint density at radius 1 is 0.324 bits per heavy atom. The minimum atomic E-state index is 1.03. The molecular formula is C66H48N2. The van der Waals surface area contributed by atoms with Gasteiger partial charge in [-0.3, -0.25) is 0 Å². The lowest BCUT2D eigenvalue weighted by molar-refractivity contribution is 1.04. The summed E-state index contributed by atoms with van der Waals surface area (Å²) in [6.45, 7) is 0. The summed E-state index contributed by atoms with van der Waals surface area (Å²) < 4.78 is 2.39. The van der Waals surface area contributed by atoms with E-state index >= 15 is 0 Å². The fourth-order valence-electron chi connectivity index (χ4n) is 10.1. The third kappa shape index (κ3) is 7.82. The molecule has 10 aromatic carbocycles. The molecule has 0 radical (unpaired) electrons. The summed E-state index contributed by atoms with van der Waals surface area (Å²) in [5.41, 5.74) is 21.0. The highest BCUT2D eigenvalue weighted by Gasteiger charge is 2.21. The predicted molar refractivity (Wildman–Crippen MR) is 289 cm³/mol. The van der Waals surface area contributed by atoms with Gasteiger partial charge in [-0.2, -0.15) is 0 Å². The fraction of sp³-hybridized carbons (Fsp3) is 0.0303. The molecule has 1 aromatic heterocycles. The smallest absolute Gasteiger partial charge is 0.0547 e. The van der Waals surface area contributed by atoms with Crippen molar-refractivity contribution in [3.8, 4) is 61.3 Å². The van der Waals surface area contributed by atoms with Crippen molar-refractivity contribution in [1.29, 1.82) is 0 Å². The van der Waals surface area contributed by atoms with Crippen LogP contribution in [0.4, 0.5) is 17.1 Å². The van der Waals surface area contributed by atoms with Gasteiger partial charge in [-0.25, -0.2) is 0 Å². The van der Waals surface area contributed by atoms with Crippen molar-refractivity contribution in [3.63, 3.8) is 0 Å². The van der Waals surface area contributed by atoms with E-state index < -0.39 is 0 Å². The molecule has 0 spiro atoms. The van der Waals surface area contributed by atoms with Crippen LogP contribution in [0.15, 0.2) is 267 Å². The highest BCUT2D eigenvalue weighted by Crippen LogP contribution is 2.44. The number of hydrogen-bond donors (Lipinski definition) is 0. The Labute approximate surface area is 398 Å². The fourth-order valence-corrected chi connectivity index (χ4v) is 10.1. The van der Waals surface area contributed by atoms with Gasteiger partial charge in [0.25, 0.3) is 0 Å². The molecule has 0 amide bonds. The van der Waals surface area contributed by atoms with Gasteiger partial charge in [-0.05, 0) is 158 Å². The molecule has 322 valence electrons. The molecule has 1 heterocycles. The van der Waals surface area contributed by atoms with Crippen LogP contribution in [0.25, 0.3) is 88.7 Å². The Morgan fingerprint density at radius 2 is 0.794 bits per heavy atom. The molecule has 12 rings (SSSR count). The highest BCUT2D eigenvalue weighted by molar-refractivity contribution is 6.16. The lowest BCUT2D eigenvalue weighted by Gasteiger charge is -2.29. The standard InChI is InChI=1S/C66H48N2/c1-6-21-47(22-7-1)54-40-55(48-23-8-2-9-24-48)44-60(43-54)67(61-45-56(49-25-10-3-11-26-49)41-57(46-61)50-27-12-4-13-28-50)59-34-19-30-52(42-59)51-29-18-31-53(39-51)62-36-20-38-65-66(62)63-35-16-17-37-64(63)68(65)58-32-14-5-15-33-58/h1-3,5-12,14-46H,4,13H2. The molecule has 0 saturated heterocycles. The van der Waals surface area contributed by atoms with Crippen LogP contribution in [0.1, 0.15) is 18.4 Å². The van der Waals surface area contributed by atoms with E-state index in [1.165, 1.54) is 66.3 Å². The number of para-hydroxylation sites is 2. The summed E-state index contributed by atoms with van der Waals surface area (Å²) in [7, 11) is 0. The van der Waals surface area contributed by atoms with Crippen LogP contribution in [0, 0.1) is 0 Å². The van der Waals surface area contributed by atoms with E-state index in [1.54, 1.807) is 0 Å². The third-order valence-corrected chi connectivity index (χ3v) is 13.3. The second-order valence-electron chi connectivity index (χ2n) is 17.6. The van der Waals surface area contributed by atoms with Crippen LogP contribution in [-0.2, 0) is 0 Å². The van der Waals surface area contributed by atoms with Crippen molar-refractivity contribution in [2.75, 3.05) is 4.90 Å². The first-order valence-corrected chi connectivity index (χ1v) is 23.6. The molecule has 0 N–H and O–H groups in total. The van der Waals surface area contributed by atoms with E-state index in [-0.39, 0.29) is 0 Å². The van der Waals surface area contributed by atoms with Crippen LogP contribution in [-0.4, -0.2) is 4.57 Å². The van der Waals surface area contributed by atoms with Gasteiger partial charge in [0, 0.05) is 33.5 Å². The van der Waals surface area contributed by atoms with Gasteiger partial charge in [0.1, 0.15) is 0 Å². The molecule has 0 unspecified atom stereocenters. The molecule has 0 atom stereocenters. The number of allylic oxidation sites excluding steroid dienone is 4. The van der Waals surface area contributed by atoms with Crippen molar-refractivity contribution >= 4 is 44.4 Å². The van der Waals surface area contributed by atoms with Gasteiger partial charge in [0.05, 0.1) is 11.0 Å². The van der Waals surface area contributed by atoms with Crippen LogP contribution in [0.2, 0.25) is 0 Å². The average Bonchev–Trinajstić information content (AvgIpc) is 3.77. The molecular weight excluding hydrogens is 821 g/mol. The molecule has 0 saturated carbocycles. The zero-order chi connectivity index (χ0) is 45.2. The minimum Gasteiger partial charge on any atom is -0.310 e. The van der Waals surface area contributed by atoms with Gasteiger partial charge in [0.2, 0.25) is 0 Å². The first-order chi connectivity index (χ1) is 33.7. The molecule has 0 fully saturated rings. The molecule has 0 aliphatic heterocycles. The number of anilines is 3. The Bertz CT molecular complexity index is 3600. The Hall–Kier alpha value is -8.72. The molecule has 2 nitrogen and oxygen atoms in total. The van der Waals surface area contributed by atoms with Gasteiger partial charge in [-0.1, -0.05) is 188 Å². The normalized spacial score (nSPS) is 12.3. The van der Waals surface area contributed by atoms with Crippen LogP contribution >= 0.6 is 0 Å². The van der Waals surface area contributed by atoms with Crippen molar-refractivity contribution in [1.82, 2.24) is 4.57 Å². The second-order valence-corrected chi connectivity index (χ2v) is 17.6. The summed E-state index contributed by atoms with van der Waals surface area (Å²) in [6, 6.07) is 90.9. The zero-order valence-electron chi connectivity index (χ0n) is 37.7. The van der Waals surface area contributed by atoms with Crippen LogP contribution < -0.4 is 4.90 Å². The van der Waals surface area contributed by atoms with Crippen LogP contribution in [0.5, 0.6) is 0 Å². The van der Waals surface area contributed by atoms with Gasteiger partial charge in [0.15, 0.2) is 0 Å².